The van der Waals surface area contributed by atoms with Crippen molar-refractivity contribution in [2.45, 2.75) is 31.7 Å². The molecule has 0 radical (unpaired) electrons. The van der Waals surface area contributed by atoms with Crippen molar-refractivity contribution in [1.29, 1.82) is 0 Å². The van der Waals surface area contributed by atoms with E-state index in [1.807, 2.05) is 0 Å². The molecule has 1 aromatic heterocycles. The molecule has 1 heterocycles. The monoisotopic (exact) mass is 262 g/mol. The van der Waals surface area contributed by atoms with Crippen molar-refractivity contribution in [2.24, 2.45) is 11.8 Å². The van der Waals surface area contributed by atoms with E-state index < -0.39 is 5.82 Å². The van der Waals surface area contributed by atoms with Gasteiger partial charge in [0.2, 0.25) is 0 Å². The minimum absolute atomic E-state index is 0.175. The third-order valence-electron chi connectivity index (χ3n) is 3.80. The predicted molar refractivity (Wildman–Crippen MR) is 66.3 cm³/mol. The van der Waals surface area contributed by atoms with Crippen LogP contribution in [-0.4, -0.2) is 23.2 Å². The van der Waals surface area contributed by atoms with Crippen LogP contribution in [0.5, 0.6) is 0 Å². The number of nitrogens with zero attached hydrogens (tertiary/aromatic N) is 1. The van der Waals surface area contributed by atoms with E-state index in [9.17, 15) is 14.0 Å². The number of rotatable bonds is 5. The Balaban J connectivity index is 1.72. The van der Waals surface area contributed by atoms with Gasteiger partial charge in [0.05, 0.1) is 5.56 Å². The van der Waals surface area contributed by atoms with Crippen molar-refractivity contribution in [3.05, 3.63) is 29.3 Å². The van der Waals surface area contributed by atoms with Gasteiger partial charge in [-0.05, 0) is 43.6 Å². The van der Waals surface area contributed by atoms with E-state index in [1.54, 1.807) is 0 Å². The van der Waals surface area contributed by atoms with Gasteiger partial charge in [-0.1, -0.05) is 0 Å². The first-order valence-corrected chi connectivity index (χ1v) is 6.60. The Kier molecular flexibility index (Phi) is 3.05. The highest BCUT2D eigenvalue weighted by Gasteiger charge is 2.42. The average Bonchev–Trinajstić information content (AvgIpc) is 3.29. The summed E-state index contributed by atoms with van der Waals surface area (Å²) in [5, 5.41) is 2.99. The predicted octanol–water partition coefficient (Wildman–Crippen LogP) is 1.95. The summed E-state index contributed by atoms with van der Waals surface area (Å²) in [6.45, 7) is 0. The van der Waals surface area contributed by atoms with E-state index in [2.05, 4.69) is 10.3 Å². The lowest BCUT2D eigenvalue weighted by atomic mass is 10.1. The zero-order valence-corrected chi connectivity index (χ0v) is 10.4. The molecule has 3 rings (SSSR count). The van der Waals surface area contributed by atoms with Gasteiger partial charge in [-0.15, -0.1) is 0 Å². The van der Waals surface area contributed by atoms with Crippen LogP contribution >= 0.6 is 0 Å². The molecule has 1 aromatic rings. The van der Waals surface area contributed by atoms with Crippen LogP contribution in [0.3, 0.4) is 0 Å². The van der Waals surface area contributed by atoms with Gasteiger partial charge in [0.25, 0.3) is 5.91 Å². The minimum atomic E-state index is -0.753. The summed E-state index contributed by atoms with van der Waals surface area (Å²) < 4.78 is 13.4. The van der Waals surface area contributed by atoms with Gasteiger partial charge in [-0.2, -0.15) is 0 Å². The molecule has 2 fully saturated rings. The molecule has 0 atom stereocenters. The molecule has 19 heavy (non-hydrogen) atoms. The molecule has 0 bridgehead atoms. The molecule has 2 aliphatic carbocycles. The number of pyridine rings is 1. The lowest BCUT2D eigenvalue weighted by Crippen LogP contribution is -2.38. The first-order valence-electron chi connectivity index (χ1n) is 6.60. The van der Waals surface area contributed by atoms with Crippen LogP contribution in [0.15, 0.2) is 12.3 Å². The van der Waals surface area contributed by atoms with Gasteiger partial charge in [0.1, 0.15) is 5.69 Å². The van der Waals surface area contributed by atoms with Crippen molar-refractivity contribution in [2.75, 3.05) is 0 Å². The first kappa shape index (κ1) is 12.3. The second-order valence-electron chi connectivity index (χ2n) is 5.38. The van der Waals surface area contributed by atoms with Crippen LogP contribution < -0.4 is 5.32 Å². The second kappa shape index (κ2) is 4.72. The molecular formula is C14H15FN2O2. The maximum Gasteiger partial charge on any atom is 0.253 e. The van der Waals surface area contributed by atoms with E-state index in [-0.39, 0.29) is 23.2 Å². The van der Waals surface area contributed by atoms with Crippen LogP contribution in [0.2, 0.25) is 0 Å². The van der Waals surface area contributed by atoms with Gasteiger partial charge < -0.3 is 5.32 Å². The van der Waals surface area contributed by atoms with Crippen LogP contribution in [-0.2, 0) is 0 Å². The molecule has 100 valence electrons. The lowest BCUT2D eigenvalue weighted by Gasteiger charge is -2.17. The summed E-state index contributed by atoms with van der Waals surface area (Å²) >= 11 is 0. The average molecular weight is 262 g/mol. The summed E-state index contributed by atoms with van der Waals surface area (Å²) in [4.78, 5) is 26.2. The quantitative estimate of drug-likeness (QED) is 0.825. The molecule has 2 saturated carbocycles. The number of aldehydes is 1. The molecule has 1 amide bonds. The van der Waals surface area contributed by atoms with Gasteiger partial charge in [-0.25, -0.2) is 9.37 Å². The lowest BCUT2D eigenvalue weighted by molar-refractivity contribution is 0.0924. The van der Waals surface area contributed by atoms with Crippen molar-refractivity contribution in [3.63, 3.8) is 0 Å². The van der Waals surface area contributed by atoms with Gasteiger partial charge in [0.15, 0.2) is 12.1 Å². The number of aromatic nitrogens is 1. The smallest absolute Gasteiger partial charge is 0.253 e. The molecule has 4 nitrogen and oxygen atoms in total. The number of nitrogens with one attached hydrogen (secondary N) is 1. The van der Waals surface area contributed by atoms with Crippen LogP contribution in [0.25, 0.3) is 0 Å². The fourth-order valence-electron chi connectivity index (χ4n) is 2.43. The SMILES string of the molecule is O=Cc1ncc(C(=O)NC(C2CC2)C2CC2)cc1F. The first-order chi connectivity index (χ1) is 9.19. The Morgan fingerprint density at radius 1 is 1.37 bits per heavy atom. The number of hydrogen-bond donors (Lipinski definition) is 1. The van der Waals surface area contributed by atoms with E-state index >= 15 is 0 Å². The van der Waals surface area contributed by atoms with Crippen molar-refractivity contribution in [3.8, 4) is 0 Å². The third-order valence-corrected chi connectivity index (χ3v) is 3.80. The number of hydrogen-bond acceptors (Lipinski definition) is 3. The Bertz CT molecular complexity index is 512. The highest BCUT2D eigenvalue weighted by Crippen LogP contribution is 2.44. The van der Waals surface area contributed by atoms with E-state index in [4.69, 9.17) is 0 Å². The largest absolute Gasteiger partial charge is 0.349 e. The van der Waals surface area contributed by atoms with Gasteiger partial charge in [-0.3, -0.25) is 9.59 Å². The molecule has 0 spiro atoms. The summed E-state index contributed by atoms with van der Waals surface area (Å²) in [6, 6.07) is 1.30. The molecule has 0 saturated heterocycles. The van der Waals surface area contributed by atoms with Crippen LogP contribution in [0.1, 0.15) is 46.5 Å². The third kappa shape index (κ3) is 2.64. The number of amides is 1. The maximum absolute atomic E-state index is 13.4. The van der Waals surface area contributed by atoms with Gasteiger partial charge >= 0.3 is 0 Å². The molecule has 1 N–H and O–H groups in total. The fourth-order valence-corrected chi connectivity index (χ4v) is 2.43. The number of halogens is 1. The summed E-state index contributed by atoms with van der Waals surface area (Å²) in [6.07, 6.45) is 6.25. The van der Waals surface area contributed by atoms with Crippen LogP contribution in [0, 0.1) is 17.7 Å². The molecule has 0 aliphatic heterocycles. The van der Waals surface area contributed by atoms with Crippen molar-refractivity contribution >= 4 is 12.2 Å². The Morgan fingerprint density at radius 2 is 2.00 bits per heavy atom. The van der Waals surface area contributed by atoms with E-state index in [1.165, 1.54) is 6.20 Å². The number of carbonyl (C=O) groups is 2. The standard InChI is InChI=1S/C14H15FN2O2/c15-11-5-10(6-16-12(11)7-18)14(19)17-13(8-1-2-8)9-3-4-9/h5-9,13H,1-4H2,(H,17,19). The summed E-state index contributed by atoms with van der Waals surface area (Å²) in [7, 11) is 0. The fraction of sp³-hybridized carbons (Fsp3) is 0.500. The topological polar surface area (TPSA) is 59.1 Å². The van der Waals surface area contributed by atoms with E-state index in [0.717, 1.165) is 31.7 Å². The Hall–Kier alpha value is -1.78. The molecular weight excluding hydrogens is 247 g/mol. The zero-order chi connectivity index (χ0) is 13.4. The molecule has 2 aliphatic rings. The highest BCUT2D eigenvalue weighted by molar-refractivity contribution is 5.94. The van der Waals surface area contributed by atoms with Crippen molar-refractivity contribution < 1.29 is 14.0 Å². The maximum atomic E-state index is 13.4. The number of carbonyl (C=O) groups excluding carboxylic acids is 2. The molecule has 0 aromatic carbocycles. The molecule has 0 unspecified atom stereocenters. The highest BCUT2D eigenvalue weighted by atomic mass is 19.1. The summed E-state index contributed by atoms with van der Waals surface area (Å²) in [5.74, 6) is 0.122. The molecule has 5 heteroatoms. The van der Waals surface area contributed by atoms with Gasteiger partial charge in [0, 0.05) is 12.2 Å². The Morgan fingerprint density at radius 3 is 2.47 bits per heavy atom. The normalized spacial score (nSPS) is 18.4. The Labute approximate surface area is 110 Å². The van der Waals surface area contributed by atoms with Crippen LogP contribution in [0.4, 0.5) is 4.39 Å². The van der Waals surface area contributed by atoms with Crippen molar-refractivity contribution in [1.82, 2.24) is 10.3 Å². The summed E-state index contributed by atoms with van der Waals surface area (Å²) in [5.41, 5.74) is -0.0908. The van der Waals surface area contributed by atoms with E-state index in [0.29, 0.717) is 18.1 Å². The minimum Gasteiger partial charge on any atom is -0.349 e. The zero-order valence-electron chi connectivity index (χ0n) is 10.4. The second-order valence-corrected chi connectivity index (χ2v) is 5.38.